The van der Waals surface area contributed by atoms with Crippen LogP contribution in [-0.4, -0.2) is 21.1 Å². The number of amides is 1. The lowest BCUT2D eigenvalue weighted by atomic mass is 9.84. The number of carbonyl (C=O) groups is 1. The number of aromatic amines is 1. The highest BCUT2D eigenvalue weighted by Crippen LogP contribution is 2.35. The Morgan fingerprint density at radius 2 is 2.00 bits per heavy atom. The predicted octanol–water partition coefficient (Wildman–Crippen LogP) is 3.56. The van der Waals surface area contributed by atoms with E-state index in [-0.39, 0.29) is 11.8 Å². The zero-order valence-electron chi connectivity index (χ0n) is 12.4. The van der Waals surface area contributed by atoms with Crippen LogP contribution in [0.1, 0.15) is 19.3 Å². The van der Waals surface area contributed by atoms with Crippen molar-refractivity contribution in [3.05, 3.63) is 48.7 Å². The Hall–Kier alpha value is -2.76. The van der Waals surface area contributed by atoms with Gasteiger partial charge >= 0.3 is 0 Å². The molecule has 1 saturated carbocycles. The van der Waals surface area contributed by atoms with Crippen LogP contribution < -0.4 is 4.90 Å². The molecule has 1 aromatic carbocycles. The average Bonchev–Trinajstić information content (AvgIpc) is 2.95. The normalized spacial score (nSPS) is 14.7. The van der Waals surface area contributed by atoms with Gasteiger partial charge in [-0.1, -0.05) is 6.42 Å². The van der Waals surface area contributed by atoms with E-state index in [2.05, 4.69) is 15.2 Å². The maximum Gasteiger partial charge on any atom is 0.234 e. The summed E-state index contributed by atoms with van der Waals surface area (Å²) >= 11 is 0. The minimum Gasteiger partial charge on any atom is -0.279 e. The Labute approximate surface area is 132 Å². The van der Waals surface area contributed by atoms with Crippen LogP contribution in [0.5, 0.6) is 0 Å². The van der Waals surface area contributed by atoms with Gasteiger partial charge in [0, 0.05) is 17.0 Å². The minimum absolute atomic E-state index is 0.0279. The van der Waals surface area contributed by atoms with E-state index < -0.39 is 5.95 Å². The standard InChI is InChI=1S/C17H15FN4O/c18-16-7-5-14(10-19-16)22(17(23)11-2-1-3-11)13-4-6-15-12(8-13)9-20-21-15/h4-11H,1-3H2,(H,20,21). The van der Waals surface area contributed by atoms with Crippen molar-refractivity contribution in [2.75, 3.05) is 4.90 Å². The molecule has 1 amide bonds. The van der Waals surface area contributed by atoms with E-state index in [9.17, 15) is 9.18 Å². The summed E-state index contributed by atoms with van der Waals surface area (Å²) in [7, 11) is 0. The summed E-state index contributed by atoms with van der Waals surface area (Å²) in [5, 5.41) is 7.82. The van der Waals surface area contributed by atoms with Gasteiger partial charge in [0.2, 0.25) is 11.9 Å². The molecule has 1 N–H and O–H groups in total. The quantitative estimate of drug-likeness (QED) is 0.752. The minimum atomic E-state index is -0.560. The third-order valence-corrected chi connectivity index (χ3v) is 4.33. The van der Waals surface area contributed by atoms with Crippen LogP contribution in [0.3, 0.4) is 0 Å². The van der Waals surface area contributed by atoms with Crippen molar-refractivity contribution in [3.8, 4) is 0 Å². The number of carbonyl (C=O) groups excluding carboxylic acids is 1. The first-order valence-electron chi connectivity index (χ1n) is 7.61. The van der Waals surface area contributed by atoms with Gasteiger partial charge in [-0.05, 0) is 43.2 Å². The number of H-pyrrole nitrogens is 1. The lowest BCUT2D eigenvalue weighted by Crippen LogP contribution is -2.35. The van der Waals surface area contributed by atoms with Crippen LogP contribution in [-0.2, 0) is 4.79 Å². The largest absolute Gasteiger partial charge is 0.279 e. The fraction of sp³-hybridized carbons (Fsp3) is 0.235. The average molecular weight is 310 g/mol. The number of aromatic nitrogens is 3. The lowest BCUT2D eigenvalue weighted by molar-refractivity contribution is -0.123. The molecular formula is C17H15FN4O. The van der Waals surface area contributed by atoms with Gasteiger partial charge in [-0.15, -0.1) is 0 Å². The molecule has 0 atom stereocenters. The number of benzene rings is 1. The van der Waals surface area contributed by atoms with E-state index in [1.807, 2.05) is 18.2 Å². The summed E-state index contributed by atoms with van der Waals surface area (Å²) in [5.41, 5.74) is 2.22. The first-order chi connectivity index (χ1) is 11.2. The number of hydrogen-bond donors (Lipinski definition) is 1. The highest BCUT2D eigenvalue weighted by Gasteiger charge is 2.31. The van der Waals surface area contributed by atoms with Crippen molar-refractivity contribution in [2.24, 2.45) is 5.92 Å². The summed E-state index contributed by atoms with van der Waals surface area (Å²) in [6, 6.07) is 8.50. The first kappa shape index (κ1) is 13.9. The molecule has 0 spiro atoms. The summed E-state index contributed by atoms with van der Waals surface area (Å²) < 4.78 is 13.1. The molecule has 0 saturated heterocycles. The summed E-state index contributed by atoms with van der Waals surface area (Å²) in [5.74, 6) is -0.498. The molecule has 0 radical (unpaired) electrons. The number of hydrogen-bond acceptors (Lipinski definition) is 3. The number of nitrogens with zero attached hydrogens (tertiary/aromatic N) is 3. The van der Waals surface area contributed by atoms with Crippen molar-refractivity contribution in [1.29, 1.82) is 0 Å². The Kier molecular flexibility index (Phi) is 3.29. The summed E-state index contributed by atoms with van der Waals surface area (Å²) in [6.07, 6.45) is 5.99. The topological polar surface area (TPSA) is 61.9 Å². The number of nitrogens with one attached hydrogen (secondary N) is 1. The second-order valence-electron chi connectivity index (χ2n) is 5.78. The van der Waals surface area contributed by atoms with E-state index in [1.54, 1.807) is 17.2 Å². The number of fused-ring (bicyclic) bond motifs is 1. The highest BCUT2D eigenvalue weighted by atomic mass is 19.1. The van der Waals surface area contributed by atoms with Crippen LogP contribution in [0.4, 0.5) is 15.8 Å². The van der Waals surface area contributed by atoms with Crippen LogP contribution in [0, 0.1) is 11.9 Å². The van der Waals surface area contributed by atoms with Gasteiger partial charge in [-0.25, -0.2) is 4.98 Å². The zero-order valence-corrected chi connectivity index (χ0v) is 12.4. The van der Waals surface area contributed by atoms with Crippen LogP contribution in [0.15, 0.2) is 42.7 Å². The molecular weight excluding hydrogens is 295 g/mol. The van der Waals surface area contributed by atoms with Crippen molar-refractivity contribution < 1.29 is 9.18 Å². The maximum atomic E-state index is 13.1. The molecule has 2 heterocycles. The Morgan fingerprint density at radius 1 is 1.17 bits per heavy atom. The maximum absolute atomic E-state index is 13.1. The summed E-state index contributed by atoms with van der Waals surface area (Å²) in [6.45, 7) is 0. The highest BCUT2D eigenvalue weighted by molar-refractivity contribution is 6.03. The SMILES string of the molecule is O=C(C1CCC1)N(c1ccc(F)nc1)c1ccc2[nH]ncc2c1. The molecule has 6 heteroatoms. The van der Waals surface area contributed by atoms with Gasteiger partial charge in [0.05, 0.1) is 23.6 Å². The van der Waals surface area contributed by atoms with Crippen LogP contribution >= 0.6 is 0 Å². The van der Waals surface area contributed by atoms with E-state index in [0.29, 0.717) is 5.69 Å². The monoisotopic (exact) mass is 310 g/mol. The number of anilines is 2. The molecule has 1 aliphatic rings. The molecule has 116 valence electrons. The Morgan fingerprint density at radius 3 is 2.70 bits per heavy atom. The molecule has 4 rings (SSSR count). The van der Waals surface area contributed by atoms with Crippen molar-refractivity contribution in [2.45, 2.75) is 19.3 Å². The Balaban J connectivity index is 1.79. The van der Waals surface area contributed by atoms with Gasteiger partial charge in [-0.3, -0.25) is 14.8 Å². The van der Waals surface area contributed by atoms with E-state index in [0.717, 1.165) is 35.9 Å². The van der Waals surface area contributed by atoms with Crippen LogP contribution in [0.2, 0.25) is 0 Å². The predicted molar refractivity (Wildman–Crippen MR) is 84.8 cm³/mol. The molecule has 23 heavy (non-hydrogen) atoms. The molecule has 2 aromatic heterocycles. The molecule has 5 nitrogen and oxygen atoms in total. The molecule has 1 fully saturated rings. The molecule has 0 unspecified atom stereocenters. The van der Waals surface area contributed by atoms with Gasteiger partial charge in [-0.2, -0.15) is 9.49 Å². The van der Waals surface area contributed by atoms with Gasteiger partial charge < -0.3 is 0 Å². The van der Waals surface area contributed by atoms with E-state index in [4.69, 9.17) is 0 Å². The van der Waals surface area contributed by atoms with Crippen molar-refractivity contribution in [3.63, 3.8) is 0 Å². The van der Waals surface area contributed by atoms with Crippen molar-refractivity contribution >= 4 is 28.2 Å². The third kappa shape index (κ3) is 2.46. The fourth-order valence-electron chi connectivity index (χ4n) is 2.81. The molecule has 0 aliphatic heterocycles. The van der Waals surface area contributed by atoms with Gasteiger partial charge in [0.1, 0.15) is 0 Å². The van der Waals surface area contributed by atoms with Gasteiger partial charge in [0.25, 0.3) is 0 Å². The van der Waals surface area contributed by atoms with Gasteiger partial charge in [0.15, 0.2) is 0 Å². The van der Waals surface area contributed by atoms with Crippen molar-refractivity contribution in [1.82, 2.24) is 15.2 Å². The fourth-order valence-corrected chi connectivity index (χ4v) is 2.81. The Bertz CT molecular complexity index is 854. The van der Waals surface area contributed by atoms with E-state index in [1.165, 1.54) is 12.3 Å². The molecule has 0 bridgehead atoms. The van der Waals surface area contributed by atoms with Crippen LogP contribution in [0.25, 0.3) is 10.9 Å². The second-order valence-corrected chi connectivity index (χ2v) is 5.78. The van der Waals surface area contributed by atoms with E-state index >= 15 is 0 Å². The first-order valence-corrected chi connectivity index (χ1v) is 7.61. The number of rotatable bonds is 3. The third-order valence-electron chi connectivity index (χ3n) is 4.33. The number of pyridine rings is 1. The number of halogens is 1. The summed E-state index contributed by atoms with van der Waals surface area (Å²) in [4.78, 5) is 18.2. The smallest absolute Gasteiger partial charge is 0.234 e. The lowest BCUT2D eigenvalue weighted by Gasteiger charge is -2.31. The second kappa shape index (κ2) is 5.46. The molecule has 3 aromatic rings. The molecule has 1 aliphatic carbocycles. The zero-order chi connectivity index (χ0) is 15.8.